The number of aryl methyl sites for hydroxylation is 1. The van der Waals surface area contributed by atoms with Gasteiger partial charge >= 0.3 is 6.09 Å². The van der Waals surface area contributed by atoms with Crippen LogP contribution in [0.2, 0.25) is 0 Å². The molecule has 142 valence electrons. The molecule has 2 amide bonds. The van der Waals surface area contributed by atoms with Crippen LogP contribution in [0.25, 0.3) is 11.0 Å². The molecule has 0 aliphatic rings. The molecule has 1 heterocycles. The number of carbonyl (C=O) groups is 2. The Morgan fingerprint density at radius 3 is 2.54 bits per heavy atom. The molecule has 1 aromatic heterocycles. The summed E-state index contributed by atoms with van der Waals surface area (Å²) in [5.41, 5.74) is 1.84. The van der Waals surface area contributed by atoms with Crippen LogP contribution >= 0.6 is 0 Å². The topological polar surface area (TPSA) is 71.8 Å². The number of nitrogens with zero attached hydrogens (tertiary/aromatic N) is 1. The van der Waals surface area contributed by atoms with Gasteiger partial charge in [0.15, 0.2) is 0 Å². The van der Waals surface area contributed by atoms with Gasteiger partial charge in [0.05, 0.1) is 6.61 Å². The lowest BCUT2D eigenvalue weighted by Crippen LogP contribution is -2.50. The van der Waals surface area contributed by atoms with Gasteiger partial charge in [-0.2, -0.15) is 0 Å². The fourth-order valence-electron chi connectivity index (χ4n) is 2.97. The fraction of sp³-hybridized carbons (Fsp3) is 0.500. The van der Waals surface area contributed by atoms with Crippen LogP contribution in [-0.2, 0) is 22.5 Å². The Morgan fingerprint density at radius 2 is 1.92 bits per heavy atom. The first kappa shape index (κ1) is 19.8. The van der Waals surface area contributed by atoms with Crippen molar-refractivity contribution in [1.29, 1.82) is 0 Å². The van der Waals surface area contributed by atoms with Gasteiger partial charge in [-0.05, 0) is 18.9 Å². The third-order valence-corrected chi connectivity index (χ3v) is 4.36. The van der Waals surface area contributed by atoms with E-state index in [0.717, 1.165) is 28.7 Å². The van der Waals surface area contributed by atoms with E-state index in [-0.39, 0.29) is 18.4 Å². The highest BCUT2D eigenvalue weighted by molar-refractivity contribution is 5.87. The number of amides is 2. The Hall–Kier alpha value is -2.50. The summed E-state index contributed by atoms with van der Waals surface area (Å²) < 4.78 is 10.8. The van der Waals surface area contributed by atoms with Crippen molar-refractivity contribution in [3.8, 4) is 0 Å². The predicted molar refractivity (Wildman–Crippen MR) is 101 cm³/mol. The molecule has 0 spiro atoms. The molecular weight excluding hydrogens is 332 g/mol. The third kappa shape index (κ3) is 4.36. The smallest absolute Gasteiger partial charge is 0.407 e. The van der Waals surface area contributed by atoms with Crippen LogP contribution in [0, 0.1) is 5.92 Å². The summed E-state index contributed by atoms with van der Waals surface area (Å²) in [5, 5.41) is 3.68. The number of nitrogens with one attached hydrogen (secondary N) is 1. The molecule has 1 atom stereocenters. The highest BCUT2D eigenvalue weighted by Crippen LogP contribution is 2.27. The van der Waals surface area contributed by atoms with Crippen LogP contribution < -0.4 is 5.32 Å². The summed E-state index contributed by atoms with van der Waals surface area (Å²) in [6, 6.07) is 7.19. The average molecular weight is 360 g/mol. The van der Waals surface area contributed by atoms with Crippen LogP contribution in [0.4, 0.5) is 4.79 Å². The number of furan rings is 1. The summed E-state index contributed by atoms with van der Waals surface area (Å²) in [6.07, 6.45) is 0.178. The molecule has 6 nitrogen and oxygen atoms in total. The molecule has 1 aromatic carbocycles. The first-order valence-corrected chi connectivity index (χ1v) is 9.06. The number of fused-ring (bicyclic) bond motifs is 1. The van der Waals surface area contributed by atoms with Gasteiger partial charge in [0.25, 0.3) is 0 Å². The van der Waals surface area contributed by atoms with Gasteiger partial charge in [0.2, 0.25) is 5.91 Å². The Balaban J connectivity index is 2.21. The van der Waals surface area contributed by atoms with Crippen molar-refractivity contribution in [3.63, 3.8) is 0 Å². The molecule has 0 aliphatic carbocycles. The minimum absolute atomic E-state index is 0.0545. The normalized spacial score (nSPS) is 12.2. The molecule has 0 saturated heterocycles. The third-order valence-electron chi connectivity index (χ3n) is 4.36. The van der Waals surface area contributed by atoms with Crippen molar-refractivity contribution in [2.75, 3.05) is 13.7 Å². The molecule has 0 fully saturated rings. The van der Waals surface area contributed by atoms with Gasteiger partial charge in [-0.1, -0.05) is 39.0 Å². The summed E-state index contributed by atoms with van der Waals surface area (Å²) in [4.78, 5) is 26.3. The Kier molecular flexibility index (Phi) is 6.66. The molecule has 6 heteroatoms. The maximum Gasteiger partial charge on any atom is 0.407 e. The zero-order valence-corrected chi connectivity index (χ0v) is 16.2. The summed E-state index contributed by atoms with van der Waals surface area (Å²) in [6.45, 7) is 8.24. The van der Waals surface area contributed by atoms with Crippen molar-refractivity contribution < 1.29 is 18.7 Å². The minimum atomic E-state index is -0.637. The zero-order valence-electron chi connectivity index (χ0n) is 16.2. The SMILES string of the molecule is CCOC(=O)NC(C(=O)N(C)Cc1c(CC)oc2ccccc12)C(C)C. The number of para-hydroxylation sites is 1. The molecular formula is C20H28N2O4. The highest BCUT2D eigenvalue weighted by Gasteiger charge is 2.28. The number of rotatable bonds is 7. The maximum atomic E-state index is 12.9. The molecule has 0 aliphatic heterocycles. The lowest BCUT2D eigenvalue weighted by atomic mass is 10.0. The van der Waals surface area contributed by atoms with E-state index in [1.807, 2.05) is 45.0 Å². The molecule has 0 bridgehead atoms. The van der Waals surface area contributed by atoms with Gasteiger partial charge in [0, 0.05) is 31.0 Å². The molecule has 0 radical (unpaired) electrons. The van der Waals surface area contributed by atoms with Crippen molar-refractivity contribution in [3.05, 3.63) is 35.6 Å². The average Bonchev–Trinajstić information content (AvgIpc) is 2.97. The summed E-state index contributed by atoms with van der Waals surface area (Å²) in [5.74, 6) is 0.673. The van der Waals surface area contributed by atoms with Gasteiger partial charge in [0.1, 0.15) is 17.4 Å². The van der Waals surface area contributed by atoms with E-state index in [0.29, 0.717) is 6.54 Å². The second-order valence-electron chi connectivity index (χ2n) is 6.63. The van der Waals surface area contributed by atoms with Gasteiger partial charge in [-0.25, -0.2) is 4.79 Å². The molecule has 2 aromatic rings. The second kappa shape index (κ2) is 8.74. The van der Waals surface area contributed by atoms with E-state index in [1.165, 1.54) is 0 Å². The lowest BCUT2D eigenvalue weighted by Gasteiger charge is -2.26. The van der Waals surface area contributed by atoms with Crippen LogP contribution in [0.1, 0.15) is 39.0 Å². The largest absolute Gasteiger partial charge is 0.461 e. The fourth-order valence-corrected chi connectivity index (χ4v) is 2.97. The van der Waals surface area contributed by atoms with Crippen molar-refractivity contribution in [2.24, 2.45) is 5.92 Å². The minimum Gasteiger partial charge on any atom is -0.461 e. The van der Waals surface area contributed by atoms with Crippen LogP contribution in [0.3, 0.4) is 0 Å². The number of benzene rings is 1. The maximum absolute atomic E-state index is 12.9. The number of hydrogen-bond donors (Lipinski definition) is 1. The van der Waals surface area contributed by atoms with Crippen LogP contribution in [-0.4, -0.2) is 36.6 Å². The Labute approximate surface area is 154 Å². The van der Waals surface area contributed by atoms with Crippen LogP contribution in [0.15, 0.2) is 28.7 Å². The number of likely N-dealkylation sites (N-methyl/N-ethyl adjacent to an activating group) is 1. The summed E-state index contributed by atoms with van der Waals surface area (Å²) in [7, 11) is 1.74. The lowest BCUT2D eigenvalue weighted by molar-refractivity contribution is -0.133. The number of ether oxygens (including phenoxy) is 1. The first-order valence-electron chi connectivity index (χ1n) is 9.06. The van der Waals surface area contributed by atoms with E-state index >= 15 is 0 Å². The predicted octanol–water partition coefficient (Wildman–Crippen LogP) is 3.72. The second-order valence-corrected chi connectivity index (χ2v) is 6.63. The number of alkyl carbamates (subject to hydrolysis) is 1. The van der Waals surface area contributed by atoms with Gasteiger partial charge in [-0.3, -0.25) is 4.79 Å². The monoisotopic (exact) mass is 360 g/mol. The van der Waals surface area contributed by atoms with E-state index in [2.05, 4.69) is 5.32 Å². The Morgan fingerprint density at radius 1 is 1.23 bits per heavy atom. The quantitative estimate of drug-likeness (QED) is 0.817. The number of hydrogen-bond acceptors (Lipinski definition) is 4. The van der Waals surface area contributed by atoms with E-state index in [1.54, 1.807) is 18.9 Å². The Bertz CT molecular complexity index is 766. The van der Waals surface area contributed by atoms with E-state index < -0.39 is 12.1 Å². The van der Waals surface area contributed by atoms with Gasteiger partial charge in [-0.15, -0.1) is 0 Å². The van der Waals surface area contributed by atoms with E-state index in [9.17, 15) is 9.59 Å². The molecule has 2 rings (SSSR count). The molecule has 1 N–H and O–H groups in total. The first-order chi connectivity index (χ1) is 12.4. The molecule has 0 saturated carbocycles. The van der Waals surface area contributed by atoms with Crippen molar-refractivity contribution in [1.82, 2.24) is 10.2 Å². The van der Waals surface area contributed by atoms with Gasteiger partial charge < -0.3 is 19.4 Å². The molecule has 26 heavy (non-hydrogen) atoms. The molecule has 1 unspecified atom stereocenters. The van der Waals surface area contributed by atoms with Crippen LogP contribution in [0.5, 0.6) is 0 Å². The summed E-state index contributed by atoms with van der Waals surface area (Å²) >= 11 is 0. The highest BCUT2D eigenvalue weighted by atomic mass is 16.5. The standard InChI is InChI=1S/C20H28N2O4/c1-6-16-15(14-10-8-9-11-17(14)26-16)12-22(5)19(23)18(13(3)4)21-20(24)25-7-2/h8-11,13,18H,6-7,12H2,1-5H3,(H,21,24). The van der Waals surface area contributed by atoms with Crippen molar-refractivity contribution in [2.45, 2.75) is 46.7 Å². The van der Waals surface area contributed by atoms with Crippen molar-refractivity contribution >= 4 is 23.0 Å². The van der Waals surface area contributed by atoms with E-state index in [4.69, 9.17) is 9.15 Å². The number of carbonyl (C=O) groups excluding carboxylic acids is 2. The zero-order chi connectivity index (χ0) is 19.3.